The highest BCUT2D eigenvalue weighted by molar-refractivity contribution is 14.0. The second-order valence-corrected chi connectivity index (χ2v) is 6.47. The first-order chi connectivity index (χ1) is 12.3. The van der Waals surface area contributed by atoms with E-state index in [4.69, 9.17) is 9.47 Å². The van der Waals surface area contributed by atoms with Gasteiger partial charge in [-0.2, -0.15) is 0 Å². The summed E-state index contributed by atoms with van der Waals surface area (Å²) < 4.78 is 11.0. The largest absolute Gasteiger partial charge is 0.385 e. The molecular weight excluding hydrogens is 441 g/mol. The first-order valence-electron chi connectivity index (χ1n) is 9.43. The molecule has 0 unspecified atom stereocenters. The zero-order valence-corrected chi connectivity index (χ0v) is 18.5. The molecular formula is C20H34IN3O2. The Morgan fingerprint density at radius 3 is 2.54 bits per heavy atom. The lowest BCUT2D eigenvalue weighted by atomic mass is 10.1. The van der Waals surface area contributed by atoms with Crippen LogP contribution in [-0.2, 0) is 15.9 Å². The molecule has 0 bridgehead atoms. The molecule has 0 saturated carbocycles. The Hall–Kier alpha value is -0.860. The van der Waals surface area contributed by atoms with Crippen LogP contribution in [0.15, 0.2) is 35.3 Å². The summed E-state index contributed by atoms with van der Waals surface area (Å²) in [5.74, 6) is 1.02. The van der Waals surface area contributed by atoms with Crippen LogP contribution >= 0.6 is 24.0 Å². The van der Waals surface area contributed by atoms with Crippen molar-refractivity contribution in [3.8, 4) is 0 Å². The van der Waals surface area contributed by atoms with Crippen LogP contribution in [0, 0.1) is 0 Å². The molecule has 0 aliphatic carbocycles. The van der Waals surface area contributed by atoms with Crippen LogP contribution in [0.2, 0.25) is 0 Å². The van der Waals surface area contributed by atoms with Gasteiger partial charge in [-0.25, -0.2) is 0 Å². The van der Waals surface area contributed by atoms with Crippen LogP contribution in [0.5, 0.6) is 0 Å². The van der Waals surface area contributed by atoms with Gasteiger partial charge in [0, 0.05) is 47.0 Å². The first kappa shape index (κ1) is 23.2. The van der Waals surface area contributed by atoms with E-state index in [-0.39, 0.29) is 24.0 Å². The monoisotopic (exact) mass is 475 g/mol. The number of hydrogen-bond donors (Lipinski definition) is 1. The normalized spacial score (nSPS) is 15.6. The van der Waals surface area contributed by atoms with Crippen LogP contribution in [-0.4, -0.2) is 64.0 Å². The third kappa shape index (κ3) is 8.68. The highest BCUT2D eigenvalue weighted by atomic mass is 127. The van der Waals surface area contributed by atoms with Crippen LogP contribution in [0.4, 0.5) is 0 Å². The summed E-state index contributed by atoms with van der Waals surface area (Å²) in [6.45, 7) is 4.54. The molecule has 2 rings (SSSR count). The number of halogens is 1. The van der Waals surface area contributed by atoms with E-state index in [1.807, 2.05) is 7.05 Å². The molecule has 1 N–H and O–H groups in total. The van der Waals surface area contributed by atoms with E-state index >= 15 is 0 Å². The van der Waals surface area contributed by atoms with E-state index in [9.17, 15) is 0 Å². The minimum Gasteiger partial charge on any atom is -0.385 e. The van der Waals surface area contributed by atoms with Gasteiger partial charge in [-0.15, -0.1) is 24.0 Å². The van der Waals surface area contributed by atoms with Crippen LogP contribution in [0.3, 0.4) is 0 Å². The maximum absolute atomic E-state index is 5.93. The Kier molecular flexibility index (Phi) is 12.7. The number of guanidine groups is 1. The third-order valence-corrected chi connectivity index (χ3v) is 4.57. The second-order valence-electron chi connectivity index (χ2n) is 6.47. The Balaban J connectivity index is 0.00000338. The highest BCUT2D eigenvalue weighted by Gasteiger charge is 2.21. The molecule has 1 aliphatic rings. The minimum atomic E-state index is 0. The Bertz CT molecular complexity index is 491. The van der Waals surface area contributed by atoms with E-state index in [0.29, 0.717) is 6.10 Å². The number of aliphatic imine (C=N–C) groups is 1. The van der Waals surface area contributed by atoms with E-state index in [1.54, 1.807) is 7.11 Å². The zero-order chi connectivity index (χ0) is 17.7. The van der Waals surface area contributed by atoms with Crippen molar-refractivity contribution in [3.05, 3.63) is 35.9 Å². The van der Waals surface area contributed by atoms with Gasteiger partial charge < -0.3 is 19.7 Å². The maximum Gasteiger partial charge on any atom is 0.193 e. The molecule has 1 heterocycles. The molecule has 1 aromatic rings. The van der Waals surface area contributed by atoms with Crippen molar-refractivity contribution in [1.29, 1.82) is 0 Å². The average molecular weight is 475 g/mol. The summed E-state index contributed by atoms with van der Waals surface area (Å²) in [4.78, 5) is 6.79. The summed E-state index contributed by atoms with van der Waals surface area (Å²) in [7, 11) is 3.60. The third-order valence-electron chi connectivity index (χ3n) is 4.57. The Labute approximate surface area is 175 Å². The van der Waals surface area contributed by atoms with Gasteiger partial charge in [-0.05, 0) is 37.7 Å². The summed E-state index contributed by atoms with van der Waals surface area (Å²) in [6, 6.07) is 10.6. The number of piperidine rings is 1. The molecule has 26 heavy (non-hydrogen) atoms. The molecule has 0 amide bonds. The fraction of sp³-hybridized carbons (Fsp3) is 0.650. The summed E-state index contributed by atoms with van der Waals surface area (Å²) in [6.07, 6.45) is 5.70. The van der Waals surface area contributed by atoms with Gasteiger partial charge >= 0.3 is 0 Å². The molecule has 0 atom stereocenters. The van der Waals surface area contributed by atoms with Crippen molar-refractivity contribution in [3.63, 3.8) is 0 Å². The van der Waals surface area contributed by atoms with E-state index < -0.39 is 0 Å². The summed E-state index contributed by atoms with van der Waals surface area (Å²) in [5.41, 5.74) is 1.39. The lowest BCUT2D eigenvalue weighted by molar-refractivity contribution is 0.00991. The fourth-order valence-corrected chi connectivity index (χ4v) is 3.16. The number of ether oxygens (including phenoxy) is 2. The van der Waals surface area contributed by atoms with Gasteiger partial charge in [0.15, 0.2) is 5.96 Å². The number of likely N-dealkylation sites (tertiary alicyclic amines) is 1. The lowest BCUT2D eigenvalue weighted by Crippen LogP contribution is -2.47. The molecule has 5 nitrogen and oxygen atoms in total. The van der Waals surface area contributed by atoms with Crippen molar-refractivity contribution in [2.75, 3.05) is 47.0 Å². The average Bonchev–Trinajstić information content (AvgIpc) is 2.67. The Morgan fingerprint density at radius 1 is 1.15 bits per heavy atom. The molecule has 1 aliphatic heterocycles. The summed E-state index contributed by atoms with van der Waals surface area (Å²) >= 11 is 0. The SMILES string of the molecule is CN=C(NCCCc1ccccc1)N1CCC(OCCCOC)CC1.I. The van der Waals surface area contributed by atoms with Crippen molar-refractivity contribution < 1.29 is 9.47 Å². The zero-order valence-electron chi connectivity index (χ0n) is 16.2. The second kappa shape index (κ2) is 14.2. The van der Waals surface area contributed by atoms with Crippen molar-refractivity contribution in [2.45, 2.75) is 38.2 Å². The number of aryl methyl sites for hydroxylation is 1. The van der Waals surface area contributed by atoms with E-state index in [1.165, 1.54) is 5.56 Å². The molecule has 1 aromatic carbocycles. The predicted octanol–water partition coefficient (Wildman–Crippen LogP) is 3.33. The lowest BCUT2D eigenvalue weighted by Gasteiger charge is -2.34. The Morgan fingerprint density at radius 2 is 1.88 bits per heavy atom. The van der Waals surface area contributed by atoms with Gasteiger partial charge in [-0.3, -0.25) is 4.99 Å². The van der Waals surface area contributed by atoms with Gasteiger partial charge in [0.1, 0.15) is 0 Å². The van der Waals surface area contributed by atoms with Crippen LogP contribution in [0.25, 0.3) is 0 Å². The van der Waals surface area contributed by atoms with E-state index in [2.05, 4.69) is 45.5 Å². The standard InChI is InChI=1S/C20H33N3O2.HI/c1-21-20(22-13-6-10-18-8-4-3-5-9-18)23-14-11-19(12-15-23)25-17-7-16-24-2;/h3-5,8-9,19H,6-7,10-17H2,1-2H3,(H,21,22);1H. The molecule has 0 radical (unpaired) electrons. The number of benzene rings is 1. The smallest absolute Gasteiger partial charge is 0.193 e. The topological polar surface area (TPSA) is 46.1 Å². The number of rotatable bonds is 9. The number of methoxy groups -OCH3 is 1. The highest BCUT2D eigenvalue weighted by Crippen LogP contribution is 2.14. The first-order valence-corrected chi connectivity index (χ1v) is 9.43. The predicted molar refractivity (Wildman–Crippen MR) is 119 cm³/mol. The molecule has 1 fully saturated rings. The van der Waals surface area contributed by atoms with Crippen molar-refractivity contribution in [1.82, 2.24) is 10.2 Å². The number of hydrogen-bond acceptors (Lipinski definition) is 3. The molecule has 6 heteroatoms. The van der Waals surface area contributed by atoms with E-state index in [0.717, 1.165) is 70.9 Å². The molecule has 0 aromatic heterocycles. The summed E-state index contributed by atoms with van der Waals surface area (Å²) in [5, 5.41) is 3.50. The maximum atomic E-state index is 5.93. The van der Waals surface area contributed by atoms with Gasteiger partial charge in [0.25, 0.3) is 0 Å². The van der Waals surface area contributed by atoms with Crippen LogP contribution < -0.4 is 5.32 Å². The molecule has 1 saturated heterocycles. The van der Waals surface area contributed by atoms with Crippen molar-refractivity contribution >= 4 is 29.9 Å². The fourth-order valence-electron chi connectivity index (χ4n) is 3.16. The van der Waals surface area contributed by atoms with Gasteiger partial charge in [-0.1, -0.05) is 30.3 Å². The van der Waals surface area contributed by atoms with Crippen LogP contribution in [0.1, 0.15) is 31.2 Å². The van der Waals surface area contributed by atoms with Gasteiger partial charge in [0.05, 0.1) is 6.10 Å². The van der Waals surface area contributed by atoms with Crippen molar-refractivity contribution in [2.24, 2.45) is 4.99 Å². The number of nitrogens with zero attached hydrogens (tertiary/aromatic N) is 2. The number of nitrogens with one attached hydrogen (secondary N) is 1. The quantitative estimate of drug-likeness (QED) is 0.258. The van der Waals surface area contributed by atoms with Gasteiger partial charge in [0.2, 0.25) is 0 Å². The minimum absolute atomic E-state index is 0. The molecule has 148 valence electrons. The molecule has 0 spiro atoms.